The van der Waals surface area contributed by atoms with Crippen LogP contribution >= 0.6 is 15.6 Å². The maximum atomic E-state index is 13.0. The first-order valence-electron chi connectivity index (χ1n) is 37.2. The second-order valence-corrected chi connectivity index (χ2v) is 30.8. The van der Waals surface area contributed by atoms with Crippen LogP contribution < -0.4 is 0 Å². The average Bonchev–Trinajstić information content (AvgIpc) is 2.99. The molecule has 0 saturated heterocycles. The Morgan fingerprint density at radius 2 is 0.462 bits per heavy atom. The molecule has 0 fully saturated rings. The third kappa shape index (κ3) is 66.5. The molecule has 17 nitrogen and oxygen atoms in total. The van der Waals surface area contributed by atoms with Crippen LogP contribution in [-0.4, -0.2) is 96.7 Å². The highest BCUT2D eigenvalue weighted by Gasteiger charge is 2.30. The summed E-state index contributed by atoms with van der Waals surface area (Å²) in [6, 6.07) is 0. The van der Waals surface area contributed by atoms with Crippen molar-refractivity contribution in [3.05, 3.63) is 0 Å². The van der Waals surface area contributed by atoms with E-state index in [1.54, 1.807) is 0 Å². The van der Waals surface area contributed by atoms with Crippen LogP contribution in [0.4, 0.5) is 0 Å². The van der Waals surface area contributed by atoms with Crippen molar-refractivity contribution in [1.82, 2.24) is 0 Å². The fraction of sp³-hybridized carbons (Fsp3) is 0.944. The number of phosphoric acid groups is 2. The number of aliphatic hydroxyl groups excluding tert-OH is 1. The van der Waals surface area contributed by atoms with E-state index in [1.807, 2.05) is 0 Å². The monoisotopic (exact) mass is 1340 g/mol. The molecule has 0 spiro atoms. The molecule has 19 heteroatoms. The van der Waals surface area contributed by atoms with Crippen LogP contribution in [0.1, 0.15) is 357 Å². The van der Waals surface area contributed by atoms with Gasteiger partial charge in [-0.15, -0.1) is 0 Å². The highest BCUT2D eigenvalue weighted by atomic mass is 31.2. The van der Waals surface area contributed by atoms with Gasteiger partial charge in [-0.1, -0.05) is 306 Å². The molecular formula is C72H140O17P2. The minimum absolute atomic E-state index is 0.104. The number of esters is 4. The molecule has 0 heterocycles. The van der Waals surface area contributed by atoms with E-state index < -0.39 is 97.5 Å². The number of phosphoric ester groups is 2. The Hall–Kier alpha value is -1.94. The molecular weight excluding hydrogens is 1200 g/mol. The lowest BCUT2D eigenvalue weighted by molar-refractivity contribution is -0.161. The first-order chi connectivity index (χ1) is 43.6. The Bertz CT molecular complexity index is 1800. The molecule has 5 atom stereocenters. The Morgan fingerprint density at radius 1 is 0.275 bits per heavy atom. The summed E-state index contributed by atoms with van der Waals surface area (Å²) in [5, 5.41) is 10.6. The minimum Gasteiger partial charge on any atom is -0.462 e. The highest BCUT2D eigenvalue weighted by molar-refractivity contribution is 7.47. The number of aliphatic hydroxyl groups is 1. The Labute approximate surface area is 556 Å². The van der Waals surface area contributed by atoms with Gasteiger partial charge in [0.1, 0.15) is 19.3 Å². The zero-order chi connectivity index (χ0) is 67.5. The van der Waals surface area contributed by atoms with Crippen LogP contribution in [0.3, 0.4) is 0 Å². The van der Waals surface area contributed by atoms with Gasteiger partial charge in [-0.25, -0.2) is 9.13 Å². The largest absolute Gasteiger partial charge is 0.472 e. The van der Waals surface area contributed by atoms with E-state index in [0.29, 0.717) is 31.6 Å². The van der Waals surface area contributed by atoms with Crippen LogP contribution in [0.5, 0.6) is 0 Å². The van der Waals surface area contributed by atoms with Gasteiger partial charge >= 0.3 is 39.5 Å². The van der Waals surface area contributed by atoms with Crippen molar-refractivity contribution in [2.75, 3.05) is 39.6 Å². The lowest BCUT2D eigenvalue weighted by atomic mass is 10.0. The molecule has 0 aliphatic rings. The van der Waals surface area contributed by atoms with Gasteiger partial charge in [-0.05, 0) is 49.4 Å². The third-order valence-corrected chi connectivity index (χ3v) is 18.5. The molecule has 3 unspecified atom stereocenters. The van der Waals surface area contributed by atoms with Gasteiger partial charge in [0.2, 0.25) is 0 Å². The van der Waals surface area contributed by atoms with E-state index in [-0.39, 0.29) is 25.7 Å². The predicted octanol–water partition coefficient (Wildman–Crippen LogP) is 20.5. The summed E-state index contributed by atoms with van der Waals surface area (Å²) in [6.07, 6.45) is 44.6. The Kier molecular flexibility index (Phi) is 60.3. The zero-order valence-corrected chi connectivity index (χ0v) is 61.3. The predicted molar refractivity (Wildman–Crippen MR) is 367 cm³/mol. The second kappa shape index (κ2) is 61.6. The van der Waals surface area contributed by atoms with Crippen molar-refractivity contribution < 1.29 is 80.2 Å². The number of rotatable bonds is 69. The molecule has 0 saturated carbocycles. The van der Waals surface area contributed by atoms with E-state index >= 15 is 0 Å². The van der Waals surface area contributed by atoms with Crippen LogP contribution in [-0.2, 0) is 65.4 Å². The van der Waals surface area contributed by atoms with E-state index in [0.717, 1.165) is 114 Å². The number of unbranched alkanes of at least 4 members (excludes halogenated alkanes) is 35. The van der Waals surface area contributed by atoms with Gasteiger partial charge in [0.15, 0.2) is 12.2 Å². The van der Waals surface area contributed by atoms with Crippen LogP contribution in [0.2, 0.25) is 0 Å². The van der Waals surface area contributed by atoms with Crippen molar-refractivity contribution in [1.29, 1.82) is 0 Å². The lowest BCUT2D eigenvalue weighted by Crippen LogP contribution is -2.30. The van der Waals surface area contributed by atoms with E-state index in [4.69, 9.17) is 37.0 Å². The molecule has 0 radical (unpaired) electrons. The fourth-order valence-electron chi connectivity index (χ4n) is 10.8. The van der Waals surface area contributed by atoms with Crippen molar-refractivity contribution in [3.63, 3.8) is 0 Å². The number of ether oxygens (including phenoxy) is 4. The molecule has 0 aromatic carbocycles. The first-order valence-corrected chi connectivity index (χ1v) is 40.2. The Morgan fingerprint density at radius 3 is 0.681 bits per heavy atom. The molecule has 3 N–H and O–H groups in total. The molecule has 91 heavy (non-hydrogen) atoms. The van der Waals surface area contributed by atoms with Gasteiger partial charge in [-0.2, -0.15) is 0 Å². The van der Waals surface area contributed by atoms with Gasteiger partial charge in [0.05, 0.1) is 26.4 Å². The molecule has 0 amide bonds. The van der Waals surface area contributed by atoms with Crippen molar-refractivity contribution in [2.45, 2.75) is 375 Å². The normalized spacial score (nSPS) is 14.2. The standard InChI is InChI=1S/C72H140O17P2/c1-62(2)48-40-32-24-17-13-11-9-10-12-14-20-28-36-44-52-69(74)82-58-67(88-71(76)54-46-38-29-21-15-18-25-33-41-49-63(3)4)60-86-90(78,79)84-56-66(73)57-85-91(80,81)87-61-68(59-83-70(75)53-45-37-31-23-27-35-43-51-65(7)8)89-72(77)55-47-39-30-22-16-19-26-34-42-50-64(5)6/h62-68,73H,9-61H2,1-8H3,(H,78,79)(H,80,81)/t66?,67-,68-/m1/s1. The minimum atomic E-state index is -4.95. The van der Waals surface area contributed by atoms with Gasteiger partial charge in [0, 0.05) is 25.7 Å². The van der Waals surface area contributed by atoms with Crippen molar-refractivity contribution in [2.24, 2.45) is 23.7 Å². The van der Waals surface area contributed by atoms with E-state index in [1.165, 1.54) is 154 Å². The van der Waals surface area contributed by atoms with Gasteiger partial charge in [-0.3, -0.25) is 37.3 Å². The first kappa shape index (κ1) is 89.1. The van der Waals surface area contributed by atoms with Crippen molar-refractivity contribution in [3.8, 4) is 0 Å². The topological polar surface area (TPSA) is 237 Å². The number of hydrogen-bond acceptors (Lipinski definition) is 15. The fourth-order valence-corrected chi connectivity index (χ4v) is 12.4. The summed E-state index contributed by atoms with van der Waals surface area (Å²) < 4.78 is 68.3. The quantitative estimate of drug-likeness (QED) is 0.0222. The summed E-state index contributed by atoms with van der Waals surface area (Å²) in [5.41, 5.74) is 0. The molecule has 0 rings (SSSR count). The molecule has 0 aromatic heterocycles. The lowest BCUT2D eigenvalue weighted by Gasteiger charge is -2.21. The number of carbonyl (C=O) groups excluding carboxylic acids is 4. The molecule has 0 aliphatic heterocycles. The molecule has 0 aromatic rings. The van der Waals surface area contributed by atoms with Crippen molar-refractivity contribution >= 4 is 39.5 Å². The zero-order valence-electron chi connectivity index (χ0n) is 59.5. The third-order valence-electron chi connectivity index (χ3n) is 16.6. The maximum Gasteiger partial charge on any atom is 0.472 e. The number of hydrogen-bond donors (Lipinski definition) is 3. The number of carbonyl (C=O) groups is 4. The van der Waals surface area contributed by atoms with Gasteiger partial charge in [0.25, 0.3) is 0 Å². The SMILES string of the molecule is CC(C)CCCCCCCCCCCCCCCCC(=O)OC[C@H](COP(=O)(O)OCC(O)COP(=O)(O)OC[C@@H](COC(=O)CCCCCCCCCC(C)C)OC(=O)CCCCCCCCCCCC(C)C)OC(=O)CCCCCCCCCCCC(C)C. The van der Waals surface area contributed by atoms with Gasteiger partial charge < -0.3 is 33.8 Å². The molecule has 0 bridgehead atoms. The van der Waals surface area contributed by atoms with E-state index in [2.05, 4.69) is 55.4 Å². The molecule has 0 aliphatic carbocycles. The summed E-state index contributed by atoms with van der Waals surface area (Å²) in [4.78, 5) is 72.6. The second-order valence-electron chi connectivity index (χ2n) is 27.9. The van der Waals surface area contributed by atoms with Crippen LogP contribution in [0.15, 0.2) is 0 Å². The summed E-state index contributed by atoms with van der Waals surface area (Å²) in [6.45, 7) is 14.1. The summed E-state index contributed by atoms with van der Waals surface area (Å²) in [7, 11) is -9.91. The summed E-state index contributed by atoms with van der Waals surface area (Å²) in [5.74, 6) is 0.849. The maximum absolute atomic E-state index is 13.0. The van der Waals surface area contributed by atoms with E-state index in [9.17, 15) is 43.2 Å². The Balaban J connectivity index is 5.23. The van der Waals surface area contributed by atoms with Crippen LogP contribution in [0.25, 0.3) is 0 Å². The molecule has 540 valence electrons. The highest BCUT2D eigenvalue weighted by Crippen LogP contribution is 2.45. The summed E-state index contributed by atoms with van der Waals surface area (Å²) >= 11 is 0. The van der Waals surface area contributed by atoms with Crippen LogP contribution in [0, 0.1) is 23.7 Å². The average molecular weight is 1340 g/mol. The smallest absolute Gasteiger partial charge is 0.462 e.